The van der Waals surface area contributed by atoms with Crippen LogP contribution in [0.3, 0.4) is 0 Å². The fourth-order valence-corrected chi connectivity index (χ4v) is 3.29. The number of aromatic nitrogens is 1. The first-order valence-electron chi connectivity index (χ1n) is 5.33. The van der Waals surface area contributed by atoms with Gasteiger partial charge in [-0.25, -0.2) is 4.98 Å². The first-order valence-corrected chi connectivity index (χ1v) is 8.40. The zero-order chi connectivity index (χ0) is 15.6. The summed E-state index contributed by atoms with van der Waals surface area (Å²) in [5.74, 6) is -0.292. The average molecular weight is 514 g/mol. The van der Waals surface area contributed by atoms with Crippen LogP contribution in [0.4, 0.5) is 18.9 Å². The molecule has 10 heteroatoms. The predicted molar refractivity (Wildman–Crippen MR) is 88.0 cm³/mol. The van der Waals surface area contributed by atoms with E-state index in [4.69, 9.17) is 11.6 Å². The van der Waals surface area contributed by atoms with Crippen molar-refractivity contribution in [3.05, 3.63) is 35.7 Å². The van der Waals surface area contributed by atoms with E-state index in [0.29, 0.717) is 21.2 Å². The van der Waals surface area contributed by atoms with E-state index in [1.165, 1.54) is 23.5 Å². The molecule has 1 aromatic heterocycles. The van der Waals surface area contributed by atoms with Gasteiger partial charge in [-0.05, 0) is 44.6 Å². The van der Waals surface area contributed by atoms with Gasteiger partial charge < -0.3 is 10.1 Å². The minimum atomic E-state index is -4.73. The summed E-state index contributed by atoms with van der Waals surface area (Å²) in [7, 11) is 0. The van der Waals surface area contributed by atoms with Gasteiger partial charge in [-0.2, -0.15) is 0 Å². The van der Waals surface area contributed by atoms with Crippen LogP contribution in [-0.2, 0) is 6.54 Å². The third-order valence-electron chi connectivity index (χ3n) is 2.21. The van der Waals surface area contributed by atoms with Crippen molar-refractivity contribution in [3.8, 4) is 5.75 Å². The molecule has 2 aromatic rings. The molecule has 0 amide bonds. The fourth-order valence-electron chi connectivity index (χ4n) is 1.43. The highest BCUT2D eigenvalue weighted by atomic mass is 127. The second kappa shape index (κ2) is 6.88. The van der Waals surface area contributed by atoms with Crippen LogP contribution in [-0.4, -0.2) is 11.3 Å². The molecule has 0 spiro atoms. The Kier molecular flexibility index (Phi) is 5.60. The molecule has 0 atom stereocenters. The first kappa shape index (κ1) is 17.1. The molecule has 0 radical (unpaired) electrons. The normalized spacial score (nSPS) is 11.5. The summed E-state index contributed by atoms with van der Waals surface area (Å²) >= 11 is 12.3. The molecular weight excluding hydrogens is 507 g/mol. The van der Waals surface area contributed by atoms with Crippen molar-refractivity contribution in [2.45, 2.75) is 12.9 Å². The zero-order valence-corrected chi connectivity index (χ0v) is 15.3. The lowest BCUT2D eigenvalue weighted by Gasteiger charge is -2.14. The predicted octanol–water partition coefficient (Wildman–Crippen LogP) is 5.67. The maximum Gasteiger partial charge on any atom is 0.573 e. The van der Waals surface area contributed by atoms with E-state index in [2.05, 4.69) is 31.0 Å². The molecule has 0 saturated heterocycles. The van der Waals surface area contributed by atoms with Crippen molar-refractivity contribution in [1.82, 2.24) is 4.98 Å². The largest absolute Gasteiger partial charge is 0.573 e. The number of thiazole rings is 1. The van der Waals surface area contributed by atoms with Gasteiger partial charge in [0.05, 0.1) is 15.8 Å². The molecule has 1 N–H and O–H groups in total. The van der Waals surface area contributed by atoms with Crippen LogP contribution >= 0.6 is 61.5 Å². The summed E-state index contributed by atoms with van der Waals surface area (Å²) < 4.78 is 42.4. The van der Waals surface area contributed by atoms with E-state index < -0.39 is 6.36 Å². The van der Waals surface area contributed by atoms with Gasteiger partial charge >= 0.3 is 6.36 Å². The standard InChI is InChI=1S/C11H6BrClF3IN2OS/c12-7-1-5(20-11(14,15)16)2-8(9(7)17)18-3-6-4-19-10(13)21-6/h1-2,4,18H,3H2. The van der Waals surface area contributed by atoms with Gasteiger partial charge in [-0.15, -0.1) is 24.5 Å². The molecule has 114 valence electrons. The van der Waals surface area contributed by atoms with Gasteiger partial charge in [-0.3, -0.25) is 0 Å². The second-order valence-electron chi connectivity index (χ2n) is 3.75. The van der Waals surface area contributed by atoms with Crippen molar-refractivity contribution in [2.24, 2.45) is 0 Å². The van der Waals surface area contributed by atoms with E-state index in [0.717, 1.165) is 8.45 Å². The maximum atomic E-state index is 12.3. The molecule has 0 aliphatic carbocycles. The number of nitrogens with one attached hydrogen (secondary N) is 1. The molecule has 0 unspecified atom stereocenters. The number of alkyl halides is 3. The van der Waals surface area contributed by atoms with Crippen LogP contribution in [0, 0.1) is 3.57 Å². The topological polar surface area (TPSA) is 34.1 Å². The third-order valence-corrected chi connectivity index (χ3v) is 5.86. The Bertz CT molecular complexity index is 653. The van der Waals surface area contributed by atoms with E-state index in [1.54, 1.807) is 6.20 Å². The summed E-state index contributed by atoms with van der Waals surface area (Å²) in [4.78, 5) is 4.76. The van der Waals surface area contributed by atoms with Gasteiger partial charge in [-0.1, -0.05) is 11.6 Å². The molecule has 2 rings (SSSR count). The Labute approximate surface area is 149 Å². The fraction of sp³-hybridized carbons (Fsp3) is 0.182. The molecule has 1 heterocycles. The maximum absolute atomic E-state index is 12.3. The number of halogens is 6. The Morgan fingerprint density at radius 1 is 1.43 bits per heavy atom. The van der Waals surface area contributed by atoms with Crippen molar-refractivity contribution >= 4 is 67.1 Å². The molecule has 0 fully saturated rings. The molecule has 0 aliphatic rings. The molecule has 0 aliphatic heterocycles. The Morgan fingerprint density at radius 2 is 2.14 bits per heavy atom. The smallest absolute Gasteiger partial charge is 0.406 e. The zero-order valence-electron chi connectivity index (χ0n) is 9.97. The molecule has 21 heavy (non-hydrogen) atoms. The van der Waals surface area contributed by atoms with E-state index >= 15 is 0 Å². The Hall–Kier alpha value is -0.260. The average Bonchev–Trinajstić information content (AvgIpc) is 2.76. The lowest BCUT2D eigenvalue weighted by Crippen LogP contribution is -2.17. The van der Waals surface area contributed by atoms with Gasteiger partial charge in [0, 0.05) is 21.6 Å². The van der Waals surface area contributed by atoms with Crippen molar-refractivity contribution in [1.29, 1.82) is 0 Å². The van der Waals surface area contributed by atoms with Crippen molar-refractivity contribution in [2.75, 3.05) is 5.32 Å². The summed E-state index contributed by atoms with van der Waals surface area (Å²) in [5.41, 5.74) is 0.522. The first-order chi connectivity index (χ1) is 9.74. The van der Waals surface area contributed by atoms with Crippen LogP contribution in [0.25, 0.3) is 0 Å². The van der Waals surface area contributed by atoms with Crippen LogP contribution < -0.4 is 10.1 Å². The molecule has 1 aromatic carbocycles. The second-order valence-corrected chi connectivity index (χ2v) is 7.38. The van der Waals surface area contributed by atoms with E-state index in [9.17, 15) is 13.2 Å². The number of hydrogen-bond acceptors (Lipinski definition) is 4. The number of anilines is 1. The molecule has 0 saturated carbocycles. The lowest BCUT2D eigenvalue weighted by molar-refractivity contribution is -0.274. The molecule has 0 bridgehead atoms. The molecule has 3 nitrogen and oxygen atoms in total. The van der Waals surface area contributed by atoms with Crippen molar-refractivity contribution in [3.63, 3.8) is 0 Å². The summed E-state index contributed by atoms with van der Waals surface area (Å²) in [5, 5.41) is 3.04. The van der Waals surface area contributed by atoms with Crippen LogP contribution in [0.1, 0.15) is 4.88 Å². The minimum Gasteiger partial charge on any atom is -0.406 e. The Balaban J connectivity index is 2.17. The number of benzene rings is 1. The Morgan fingerprint density at radius 3 is 2.71 bits per heavy atom. The lowest BCUT2D eigenvalue weighted by atomic mass is 10.3. The van der Waals surface area contributed by atoms with Crippen LogP contribution in [0.15, 0.2) is 22.8 Å². The van der Waals surface area contributed by atoms with Gasteiger partial charge in [0.25, 0.3) is 0 Å². The SMILES string of the molecule is FC(F)(F)Oc1cc(Br)c(I)c(NCc2cnc(Cl)s2)c1. The number of ether oxygens (including phenoxy) is 1. The van der Waals surface area contributed by atoms with Gasteiger partial charge in [0.1, 0.15) is 5.75 Å². The summed E-state index contributed by atoms with van der Waals surface area (Å²) in [6, 6.07) is 2.56. The quantitative estimate of drug-likeness (QED) is 0.535. The van der Waals surface area contributed by atoms with Crippen LogP contribution in [0.5, 0.6) is 5.75 Å². The molecular formula is C11H6BrClF3IN2OS. The number of rotatable bonds is 4. The summed E-state index contributed by atoms with van der Waals surface area (Å²) in [6.07, 6.45) is -3.12. The highest BCUT2D eigenvalue weighted by Crippen LogP contribution is 2.34. The van der Waals surface area contributed by atoms with E-state index in [-0.39, 0.29) is 5.75 Å². The van der Waals surface area contributed by atoms with E-state index in [1.807, 2.05) is 22.6 Å². The summed E-state index contributed by atoms with van der Waals surface area (Å²) in [6.45, 7) is 0.405. The van der Waals surface area contributed by atoms with Gasteiger partial charge in [0.15, 0.2) is 4.47 Å². The van der Waals surface area contributed by atoms with Gasteiger partial charge in [0.2, 0.25) is 0 Å². The minimum absolute atomic E-state index is 0.292. The monoisotopic (exact) mass is 512 g/mol. The third kappa shape index (κ3) is 5.15. The number of nitrogens with zero attached hydrogens (tertiary/aromatic N) is 1. The number of hydrogen-bond donors (Lipinski definition) is 1. The highest BCUT2D eigenvalue weighted by Gasteiger charge is 2.31. The highest BCUT2D eigenvalue weighted by molar-refractivity contribution is 14.1. The van der Waals surface area contributed by atoms with Crippen LogP contribution in [0.2, 0.25) is 4.47 Å². The van der Waals surface area contributed by atoms with Crippen molar-refractivity contribution < 1.29 is 17.9 Å².